The summed E-state index contributed by atoms with van der Waals surface area (Å²) >= 11 is 0. The van der Waals surface area contributed by atoms with E-state index >= 15 is 0 Å². The van der Waals surface area contributed by atoms with Gasteiger partial charge >= 0.3 is 11.8 Å². The Hall–Kier alpha value is -3.34. The summed E-state index contributed by atoms with van der Waals surface area (Å²) in [4.78, 5) is 24.2. The van der Waals surface area contributed by atoms with Crippen molar-refractivity contribution < 1.29 is 9.21 Å². The number of fused-ring (bicyclic) bond motifs is 2. The van der Waals surface area contributed by atoms with Gasteiger partial charge in [-0.1, -0.05) is 54.6 Å². The molecule has 0 aliphatic rings. The lowest BCUT2D eigenvalue weighted by atomic mass is 10.0. The molecule has 0 aliphatic carbocycles. The van der Waals surface area contributed by atoms with Gasteiger partial charge in [-0.05, 0) is 47.7 Å². The summed E-state index contributed by atoms with van der Waals surface area (Å²) in [5.74, 6) is -0.662. The van der Waals surface area contributed by atoms with E-state index < -0.39 is 11.8 Å². The van der Waals surface area contributed by atoms with Crippen LogP contribution in [-0.4, -0.2) is 17.1 Å². The number of para-hydroxylation sites is 2. The van der Waals surface area contributed by atoms with Crippen LogP contribution in [0, 0.1) is 0 Å². The maximum atomic E-state index is 12.3. The monoisotopic (exact) mass is 360 g/mol. The molecule has 0 fully saturated rings. The van der Waals surface area contributed by atoms with E-state index in [1.807, 2.05) is 12.1 Å². The van der Waals surface area contributed by atoms with Crippen LogP contribution >= 0.6 is 0 Å². The molecule has 5 heteroatoms. The van der Waals surface area contributed by atoms with E-state index in [4.69, 9.17) is 4.42 Å². The number of oxazole rings is 1. The Bertz CT molecular complexity index is 1160. The first kappa shape index (κ1) is 17.1. The highest BCUT2D eigenvalue weighted by molar-refractivity contribution is 5.87. The number of nitrogens with zero attached hydrogens (tertiary/aromatic N) is 1. The van der Waals surface area contributed by atoms with Crippen molar-refractivity contribution in [2.24, 2.45) is 0 Å². The minimum atomic E-state index is -0.662. The maximum absolute atomic E-state index is 12.3. The van der Waals surface area contributed by atoms with Crippen molar-refractivity contribution in [3.63, 3.8) is 0 Å². The molecule has 0 saturated carbocycles. The smallest absolute Gasteiger partial charge is 0.407 e. The summed E-state index contributed by atoms with van der Waals surface area (Å²) in [5.41, 5.74) is 2.18. The van der Waals surface area contributed by atoms with Crippen molar-refractivity contribution in [2.45, 2.75) is 19.3 Å². The summed E-state index contributed by atoms with van der Waals surface area (Å²) < 4.78 is 6.13. The molecule has 27 heavy (non-hydrogen) atoms. The lowest BCUT2D eigenvalue weighted by molar-refractivity contribution is 0.241. The number of hydrogen-bond donors (Lipinski definition) is 1. The van der Waals surface area contributed by atoms with Gasteiger partial charge in [0.15, 0.2) is 5.58 Å². The molecule has 1 aromatic heterocycles. The van der Waals surface area contributed by atoms with E-state index in [9.17, 15) is 9.59 Å². The second kappa shape index (κ2) is 7.50. The molecule has 1 heterocycles. The summed E-state index contributed by atoms with van der Waals surface area (Å²) in [6.45, 7) is 0.512. The number of nitrogens with one attached hydrogen (secondary N) is 1. The van der Waals surface area contributed by atoms with Gasteiger partial charge in [-0.3, -0.25) is 0 Å². The van der Waals surface area contributed by atoms with Crippen LogP contribution in [0.25, 0.3) is 21.9 Å². The van der Waals surface area contributed by atoms with Gasteiger partial charge in [0.1, 0.15) is 0 Å². The fourth-order valence-electron chi connectivity index (χ4n) is 3.28. The molecular formula is C22H20N2O3. The highest BCUT2D eigenvalue weighted by Gasteiger charge is 2.14. The Kier molecular flexibility index (Phi) is 4.75. The maximum Gasteiger partial charge on any atom is 0.428 e. The highest BCUT2D eigenvalue weighted by Crippen LogP contribution is 2.17. The second-order valence-corrected chi connectivity index (χ2v) is 6.54. The lowest BCUT2D eigenvalue weighted by Crippen LogP contribution is -2.34. The third kappa shape index (κ3) is 3.62. The highest BCUT2D eigenvalue weighted by atomic mass is 16.4. The fraction of sp³-hybridized carbons (Fsp3) is 0.182. The van der Waals surface area contributed by atoms with Crippen molar-refractivity contribution >= 4 is 27.9 Å². The van der Waals surface area contributed by atoms with E-state index in [0.717, 1.165) is 23.8 Å². The second-order valence-electron chi connectivity index (χ2n) is 6.54. The van der Waals surface area contributed by atoms with Gasteiger partial charge in [0, 0.05) is 6.54 Å². The average Bonchev–Trinajstić information content (AvgIpc) is 3.03. The molecule has 4 rings (SSSR count). The van der Waals surface area contributed by atoms with Gasteiger partial charge in [0.05, 0.1) is 5.52 Å². The Morgan fingerprint density at radius 1 is 0.926 bits per heavy atom. The number of benzene rings is 3. The third-order valence-corrected chi connectivity index (χ3v) is 4.67. The number of carbonyl (C=O) groups is 1. The van der Waals surface area contributed by atoms with E-state index in [2.05, 4.69) is 35.6 Å². The number of aromatic nitrogens is 1. The first-order chi connectivity index (χ1) is 13.2. The van der Waals surface area contributed by atoms with Crippen molar-refractivity contribution in [3.8, 4) is 0 Å². The first-order valence-electron chi connectivity index (χ1n) is 9.09. The summed E-state index contributed by atoms with van der Waals surface area (Å²) in [6, 6.07) is 21.3. The zero-order valence-electron chi connectivity index (χ0n) is 14.9. The van der Waals surface area contributed by atoms with E-state index in [-0.39, 0.29) is 0 Å². The molecule has 5 nitrogen and oxygen atoms in total. The predicted octanol–water partition coefficient (Wildman–Crippen LogP) is 4.33. The van der Waals surface area contributed by atoms with E-state index in [1.54, 1.807) is 24.3 Å². The molecule has 136 valence electrons. The average molecular weight is 360 g/mol. The van der Waals surface area contributed by atoms with E-state index in [1.165, 1.54) is 16.3 Å². The van der Waals surface area contributed by atoms with Crippen LogP contribution in [0.15, 0.2) is 75.9 Å². The summed E-state index contributed by atoms with van der Waals surface area (Å²) in [5, 5.41) is 5.28. The quantitative estimate of drug-likeness (QED) is 0.539. The summed E-state index contributed by atoms with van der Waals surface area (Å²) in [7, 11) is 0. The van der Waals surface area contributed by atoms with Crippen molar-refractivity contribution in [2.75, 3.05) is 6.54 Å². The molecule has 0 atom stereocenters. The van der Waals surface area contributed by atoms with Crippen LogP contribution < -0.4 is 11.1 Å². The fourth-order valence-corrected chi connectivity index (χ4v) is 3.28. The lowest BCUT2D eigenvalue weighted by Gasteiger charge is -2.06. The van der Waals surface area contributed by atoms with Crippen molar-refractivity contribution in [1.82, 2.24) is 9.88 Å². The zero-order valence-corrected chi connectivity index (χ0v) is 14.9. The molecule has 0 unspecified atom stereocenters. The van der Waals surface area contributed by atoms with Gasteiger partial charge in [0.25, 0.3) is 0 Å². The molecule has 1 N–H and O–H groups in total. The first-order valence-corrected chi connectivity index (χ1v) is 9.09. The van der Waals surface area contributed by atoms with Gasteiger partial charge in [-0.25, -0.2) is 9.59 Å². The van der Waals surface area contributed by atoms with Crippen LogP contribution in [0.3, 0.4) is 0 Å². The topological polar surface area (TPSA) is 64.2 Å². The predicted molar refractivity (Wildman–Crippen MR) is 106 cm³/mol. The molecule has 1 amide bonds. The van der Waals surface area contributed by atoms with Gasteiger partial charge < -0.3 is 9.73 Å². The normalized spacial score (nSPS) is 11.1. The molecule has 0 radical (unpaired) electrons. The molecule has 0 aliphatic heterocycles. The van der Waals surface area contributed by atoms with Crippen molar-refractivity contribution in [3.05, 3.63) is 82.8 Å². The Balaban J connectivity index is 1.31. The molecule has 0 saturated heterocycles. The Morgan fingerprint density at radius 2 is 1.70 bits per heavy atom. The minimum Gasteiger partial charge on any atom is -0.407 e. The molecule has 3 aromatic carbocycles. The number of hydrogen-bond acceptors (Lipinski definition) is 3. The standard InChI is InChI=1S/C22H20N2O3/c25-21(24-19-10-3-4-11-20(19)27-22(24)26)23-14-6-5-7-16-12-13-17-8-1-2-9-18(17)15-16/h1-4,8-13,15H,5-7,14H2,(H,23,25). The van der Waals surface area contributed by atoms with Crippen LogP contribution in [0.5, 0.6) is 0 Å². The van der Waals surface area contributed by atoms with Crippen LogP contribution in [-0.2, 0) is 6.42 Å². The number of rotatable bonds is 5. The molecule has 4 aromatic rings. The van der Waals surface area contributed by atoms with Gasteiger partial charge in [0.2, 0.25) is 0 Å². The molecule has 0 bridgehead atoms. The Morgan fingerprint density at radius 3 is 2.59 bits per heavy atom. The van der Waals surface area contributed by atoms with Gasteiger partial charge in [-0.15, -0.1) is 0 Å². The van der Waals surface area contributed by atoms with Crippen molar-refractivity contribution in [1.29, 1.82) is 0 Å². The third-order valence-electron chi connectivity index (χ3n) is 4.67. The number of amides is 1. The van der Waals surface area contributed by atoms with Crippen LogP contribution in [0.4, 0.5) is 4.79 Å². The van der Waals surface area contributed by atoms with Gasteiger partial charge in [-0.2, -0.15) is 4.57 Å². The molecular weight excluding hydrogens is 340 g/mol. The van der Waals surface area contributed by atoms with E-state index in [0.29, 0.717) is 17.6 Å². The number of carbonyl (C=O) groups excluding carboxylic acids is 1. The SMILES string of the molecule is O=C(NCCCCc1ccc2ccccc2c1)n1c(=O)oc2ccccc21. The largest absolute Gasteiger partial charge is 0.428 e. The number of unbranched alkanes of at least 4 members (excludes halogenated alkanes) is 1. The summed E-state index contributed by atoms with van der Waals surface area (Å²) in [6.07, 6.45) is 2.75. The number of aryl methyl sites for hydroxylation is 1. The Labute approximate surface area is 156 Å². The zero-order chi connectivity index (χ0) is 18.6. The molecule has 0 spiro atoms. The van der Waals surface area contributed by atoms with Crippen LogP contribution in [0.2, 0.25) is 0 Å². The van der Waals surface area contributed by atoms with Crippen LogP contribution in [0.1, 0.15) is 18.4 Å². The minimum absolute atomic E-state index is 0.411.